The van der Waals surface area contributed by atoms with Crippen LogP contribution in [-0.2, 0) is 11.4 Å². The lowest BCUT2D eigenvalue weighted by atomic mass is 10.1. The van der Waals surface area contributed by atoms with Gasteiger partial charge >= 0.3 is 5.97 Å². The van der Waals surface area contributed by atoms with Crippen LogP contribution in [0, 0.1) is 18.3 Å². The largest absolute Gasteiger partial charge is 0.493 e. The van der Waals surface area contributed by atoms with Gasteiger partial charge in [-0.05, 0) is 60.5 Å². The van der Waals surface area contributed by atoms with Crippen molar-refractivity contribution in [2.75, 3.05) is 12.4 Å². The van der Waals surface area contributed by atoms with Crippen molar-refractivity contribution in [3.63, 3.8) is 0 Å². The molecule has 2 N–H and O–H groups in total. The zero-order valence-electron chi connectivity index (χ0n) is 18.5. The number of nitrogens with zero attached hydrogens (tertiary/aromatic N) is 1. The number of carboxylic acid groups (broad SMARTS) is 1. The van der Waals surface area contributed by atoms with E-state index >= 15 is 0 Å². The minimum Gasteiger partial charge on any atom is -0.493 e. The highest BCUT2D eigenvalue weighted by molar-refractivity contribution is 6.32. The van der Waals surface area contributed by atoms with Gasteiger partial charge < -0.3 is 19.9 Å². The summed E-state index contributed by atoms with van der Waals surface area (Å²) in [5.74, 6) is -0.958. The number of aryl methyl sites for hydroxylation is 1. The molecule has 1 amide bonds. The highest BCUT2D eigenvalue weighted by Gasteiger charge is 2.15. The van der Waals surface area contributed by atoms with Gasteiger partial charge in [-0.1, -0.05) is 41.4 Å². The van der Waals surface area contributed by atoms with Gasteiger partial charge in [0.25, 0.3) is 5.91 Å². The average Bonchev–Trinajstić information content (AvgIpc) is 2.83. The Morgan fingerprint density at radius 2 is 1.79 bits per heavy atom. The second-order valence-electron chi connectivity index (χ2n) is 7.31. The summed E-state index contributed by atoms with van der Waals surface area (Å²) < 4.78 is 11.2. The van der Waals surface area contributed by atoms with Crippen molar-refractivity contribution in [3.8, 4) is 17.6 Å². The first kappa shape index (κ1) is 24.4. The fourth-order valence-corrected chi connectivity index (χ4v) is 3.29. The van der Waals surface area contributed by atoms with Crippen LogP contribution in [0.15, 0.2) is 66.2 Å². The molecule has 172 valence electrons. The number of carbonyl (C=O) groups excluding carboxylic acids is 1. The van der Waals surface area contributed by atoms with Crippen LogP contribution in [-0.4, -0.2) is 24.1 Å². The second-order valence-corrected chi connectivity index (χ2v) is 7.72. The van der Waals surface area contributed by atoms with Crippen molar-refractivity contribution in [3.05, 3.63) is 93.5 Å². The molecule has 0 saturated heterocycles. The van der Waals surface area contributed by atoms with E-state index in [1.54, 1.807) is 36.4 Å². The van der Waals surface area contributed by atoms with Gasteiger partial charge in [0.1, 0.15) is 18.2 Å². The summed E-state index contributed by atoms with van der Waals surface area (Å²) in [7, 11) is 1.45. The third kappa shape index (κ3) is 6.15. The Morgan fingerprint density at radius 3 is 2.38 bits per heavy atom. The van der Waals surface area contributed by atoms with E-state index in [0.29, 0.717) is 17.0 Å². The first-order valence-corrected chi connectivity index (χ1v) is 10.5. The number of nitrogens with one attached hydrogen (secondary N) is 1. The lowest BCUT2D eigenvalue weighted by Crippen LogP contribution is -2.13. The highest BCUT2D eigenvalue weighted by atomic mass is 35.5. The molecule has 0 spiro atoms. The van der Waals surface area contributed by atoms with Crippen LogP contribution >= 0.6 is 11.6 Å². The lowest BCUT2D eigenvalue weighted by Gasteiger charge is -2.14. The number of carboxylic acids is 1. The van der Waals surface area contributed by atoms with Crippen LogP contribution in [0.2, 0.25) is 5.02 Å². The van der Waals surface area contributed by atoms with Crippen molar-refractivity contribution in [2.45, 2.75) is 13.5 Å². The number of methoxy groups -OCH3 is 1. The SMILES string of the molecule is COc1cc(/C=C(\C#N)C(=O)Nc2ccc(C)cc2)cc(Cl)c1OCc1ccc(C(=O)O)cc1. The quantitative estimate of drug-likeness (QED) is 0.329. The second kappa shape index (κ2) is 11.0. The zero-order valence-corrected chi connectivity index (χ0v) is 19.2. The van der Waals surface area contributed by atoms with Crippen molar-refractivity contribution >= 4 is 35.2 Å². The van der Waals surface area contributed by atoms with Crippen molar-refractivity contribution in [1.29, 1.82) is 5.26 Å². The fourth-order valence-electron chi connectivity index (χ4n) is 3.01. The highest BCUT2D eigenvalue weighted by Crippen LogP contribution is 2.37. The Balaban J connectivity index is 1.78. The van der Waals surface area contributed by atoms with Crippen LogP contribution < -0.4 is 14.8 Å². The Kier molecular flexibility index (Phi) is 7.91. The number of halogens is 1. The van der Waals surface area contributed by atoms with Gasteiger partial charge in [0.2, 0.25) is 0 Å². The maximum atomic E-state index is 12.5. The van der Waals surface area contributed by atoms with E-state index in [0.717, 1.165) is 11.1 Å². The maximum Gasteiger partial charge on any atom is 0.335 e. The molecule has 0 fully saturated rings. The third-order valence-corrected chi connectivity index (χ3v) is 5.10. The number of benzene rings is 3. The fraction of sp³-hybridized carbons (Fsp3) is 0.115. The van der Waals surface area contributed by atoms with E-state index in [1.807, 2.05) is 25.1 Å². The summed E-state index contributed by atoms with van der Waals surface area (Å²) in [4.78, 5) is 23.5. The summed E-state index contributed by atoms with van der Waals surface area (Å²) in [5, 5.41) is 21.4. The van der Waals surface area contributed by atoms with E-state index in [2.05, 4.69) is 5.32 Å². The van der Waals surface area contributed by atoms with E-state index in [9.17, 15) is 14.9 Å². The molecule has 34 heavy (non-hydrogen) atoms. The van der Waals surface area contributed by atoms with Gasteiger partial charge in [-0.3, -0.25) is 4.79 Å². The molecule has 0 radical (unpaired) electrons. The third-order valence-electron chi connectivity index (χ3n) is 4.82. The van der Waals surface area contributed by atoms with Crippen LogP contribution in [0.25, 0.3) is 6.08 Å². The van der Waals surface area contributed by atoms with E-state index in [4.69, 9.17) is 26.2 Å². The first-order chi connectivity index (χ1) is 16.3. The van der Waals surface area contributed by atoms with Gasteiger partial charge in [-0.2, -0.15) is 5.26 Å². The minimum absolute atomic E-state index is 0.106. The van der Waals surface area contributed by atoms with Crippen LogP contribution in [0.1, 0.15) is 27.0 Å². The van der Waals surface area contributed by atoms with Crippen molar-refractivity contribution in [2.24, 2.45) is 0 Å². The number of aromatic carboxylic acids is 1. The molecule has 0 aromatic heterocycles. The molecule has 0 unspecified atom stereocenters. The molecule has 0 saturated carbocycles. The van der Waals surface area contributed by atoms with Gasteiger partial charge in [-0.25, -0.2) is 4.79 Å². The molecule has 0 heterocycles. The summed E-state index contributed by atoms with van der Waals surface area (Å²) in [5.41, 5.74) is 2.92. The molecule has 0 aliphatic rings. The van der Waals surface area contributed by atoms with E-state index in [-0.39, 0.29) is 28.5 Å². The number of ether oxygens (including phenoxy) is 2. The first-order valence-electron chi connectivity index (χ1n) is 10.1. The molecule has 0 bridgehead atoms. The molecular formula is C26H21ClN2O5. The molecule has 3 aromatic rings. The van der Waals surface area contributed by atoms with Gasteiger partial charge in [0.15, 0.2) is 11.5 Å². The number of nitriles is 1. The Hall–Kier alpha value is -4.28. The zero-order chi connectivity index (χ0) is 24.7. The number of hydrogen-bond acceptors (Lipinski definition) is 5. The predicted octanol–water partition coefficient (Wildman–Crippen LogP) is 5.48. The normalized spacial score (nSPS) is 10.8. The number of rotatable bonds is 8. The number of hydrogen-bond donors (Lipinski definition) is 2. The summed E-state index contributed by atoms with van der Waals surface area (Å²) in [6.45, 7) is 2.07. The van der Waals surface area contributed by atoms with Crippen LogP contribution in [0.3, 0.4) is 0 Å². The average molecular weight is 477 g/mol. The molecule has 0 aliphatic heterocycles. The van der Waals surface area contributed by atoms with Crippen molar-refractivity contribution in [1.82, 2.24) is 0 Å². The number of carbonyl (C=O) groups is 2. The number of anilines is 1. The maximum absolute atomic E-state index is 12.5. The van der Waals surface area contributed by atoms with E-state index in [1.165, 1.54) is 25.3 Å². The monoisotopic (exact) mass is 476 g/mol. The molecule has 0 atom stereocenters. The lowest BCUT2D eigenvalue weighted by molar-refractivity contribution is -0.112. The topological polar surface area (TPSA) is 109 Å². The summed E-state index contributed by atoms with van der Waals surface area (Å²) in [6, 6.07) is 18.5. The van der Waals surface area contributed by atoms with Gasteiger partial charge in [0.05, 0.1) is 17.7 Å². The molecule has 3 rings (SSSR count). The molecule has 8 heteroatoms. The van der Waals surface area contributed by atoms with Crippen molar-refractivity contribution < 1.29 is 24.2 Å². The Labute approximate surface area is 201 Å². The van der Waals surface area contributed by atoms with Crippen LogP contribution in [0.5, 0.6) is 11.5 Å². The van der Waals surface area contributed by atoms with Crippen LogP contribution in [0.4, 0.5) is 5.69 Å². The minimum atomic E-state index is -1.01. The van der Waals surface area contributed by atoms with Gasteiger partial charge in [0, 0.05) is 5.69 Å². The summed E-state index contributed by atoms with van der Waals surface area (Å²) in [6.07, 6.45) is 1.41. The predicted molar refractivity (Wildman–Crippen MR) is 129 cm³/mol. The Morgan fingerprint density at radius 1 is 1.12 bits per heavy atom. The molecule has 3 aromatic carbocycles. The molecule has 7 nitrogen and oxygen atoms in total. The standard InChI is InChI=1S/C26H21ClN2O5/c1-16-3-9-21(10-4-16)29-25(30)20(14-28)11-18-12-22(27)24(23(13-18)33-2)34-15-17-5-7-19(8-6-17)26(31)32/h3-13H,15H2,1-2H3,(H,29,30)(H,31,32)/b20-11+. The Bertz CT molecular complexity index is 1280. The smallest absolute Gasteiger partial charge is 0.335 e. The van der Waals surface area contributed by atoms with E-state index < -0.39 is 11.9 Å². The van der Waals surface area contributed by atoms with Gasteiger partial charge in [-0.15, -0.1) is 0 Å². The number of amides is 1. The summed E-state index contributed by atoms with van der Waals surface area (Å²) >= 11 is 6.40. The molecule has 0 aliphatic carbocycles. The molecular weight excluding hydrogens is 456 g/mol.